The molecule has 0 saturated heterocycles. The van der Waals surface area contributed by atoms with Crippen molar-refractivity contribution in [3.8, 4) is 0 Å². The fourth-order valence-corrected chi connectivity index (χ4v) is 2.66. The molecule has 0 fully saturated rings. The molecule has 0 spiro atoms. The number of rotatable bonds is 7. The highest BCUT2D eigenvalue weighted by Gasteiger charge is 2.02. The van der Waals surface area contributed by atoms with E-state index in [4.69, 9.17) is 0 Å². The lowest BCUT2D eigenvalue weighted by Crippen LogP contribution is -2.16. The molecule has 3 nitrogen and oxygen atoms in total. The molecule has 19 heavy (non-hydrogen) atoms. The van der Waals surface area contributed by atoms with E-state index in [1.54, 1.807) is 11.3 Å². The molecule has 0 amide bonds. The molecule has 1 aromatic carbocycles. The fraction of sp³-hybridized carbons (Fsp3) is 0.400. The summed E-state index contributed by atoms with van der Waals surface area (Å²) in [7, 11) is 1.99. The molecule has 2 aromatic rings. The van der Waals surface area contributed by atoms with Gasteiger partial charge in [-0.05, 0) is 38.1 Å². The van der Waals surface area contributed by atoms with Crippen LogP contribution in [-0.2, 0) is 19.5 Å². The average molecular weight is 275 g/mol. The van der Waals surface area contributed by atoms with Crippen molar-refractivity contribution in [3.05, 3.63) is 51.5 Å². The third-order valence-electron chi connectivity index (χ3n) is 3.05. The van der Waals surface area contributed by atoms with Crippen molar-refractivity contribution in [1.29, 1.82) is 0 Å². The van der Waals surface area contributed by atoms with Gasteiger partial charge in [0.1, 0.15) is 0 Å². The minimum Gasteiger partial charge on any atom is -0.319 e. The number of aryl methyl sites for hydroxylation is 1. The van der Waals surface area contributed by atoms with Crippen LogP contribution >= 0.6 is 11.3 Å². The van der Waals surface area contributed by atoms with Crippen molar-refractivity contribution >= 4 is 11.3 Å². The van der Waals surface area contributed by atoms with Crippen molar-refractivity contribution in [2.75, 3.05) is 13.6 Å². The van der Waals surface area contributed by atoms with Crippen molar-refractivity contribution in [1.82, 2.24) is 15.6 Å². The molecule has 2 rings (SSSR count). The first-order chi connectivity index (χ1) is 9.29. The molecular weight excluding hydrogens is 254 g/mol. The van der Waals surface area contributed by atoms with Crippen LogP contribution in [-0.4, -0.2) is 18.6 Å². The van der Waals surface area contributed by atoms with E-state index in [9.17, 15) is 0 Å². The number of thiazole rings is 1. The summed E-state index contributed by atoms with van der Waals surface area (Å²) in [4.78, 5) is 4.46. The number of hydrogen-bond donors (Lipinski definition) is 2. The number of nitrogens with one attached hydrogen (secondary N) is 2. The summed E-state index contributed by atoms with van der Waals surface area (Å²) in [5.41, 5.74) is 3.93. The Balaban J connectivity index is 1.88. The molecule has 1 heterocycles. The number of nitrogens with zero attached hydrogens (tertiary/aromatic N) is 1. The Morgan fingerprint density at radius 2 is 1.95 bits per heavy atom. The number of hydrogen-bond acceptors (Lipinski definition) is 4. The molecule has 0 aliphatic heterocycles. The van der Waals surface area contributed by atoms with Crippen LogP contribution in [0.25, 0.3) is 0 Å². The van der Waals surface area contributed by atoms with Crippen molar-refractivity contribution in [2.24, 2.45) is 0 Å². The van der Waals surface area contributed by atoms with Gasteiger partial charge in [-0.25, -0.2) is 4.98 Å². The van der Waals surface area contributed by atoms with Crippen LogP contribution in [0, 0.1) is 6.92 Å². The average Bonchev–Trinajstić information content (AvgIpc) is 2.83. The second-order valence-corrected chi connectivity index (χ2v) is 5.65. The van der Waals surface area contributed by atoms with Gasteiger partial charge in [-0.1, -0.05) is 24.3 Å². The predicted molar refractivity (Wildman–Crippen MR) is 81.5 cm³/mol. The third-order valence-corrected chi connectivity index (χ3v) is 3.87. The van der Waals surface area contributed by atoms with Crippen LogP contribution in [0.1, 0.15) is 21.8 Å². The molecule has 4 heteroatoms. The molecule has 0 aliphatic carbocycles. The minimum absolute atomic E-state index is 0.838. The first kappa shape index (κ1) is 14.2. The highest BCUT2D eigenvalue weighted by atomic mass is 32.1. The second kappa shape index (κ2) is 7.38. The molecule has 102 valence electrons. The zero-order chi connectivity index (χ0) is 13.5. The van der Waals surface area contributed by atoms with E-state index in [0.29, 0.717) is 0 Å². The van der Waals surface area contributed by atoms with E-state index in [0.717, 1.165) is 36.8 Å². The summed E-state index contributed by atoms with van der Waals surface area (Å²) in [6, 6.07) is 8.62. The van der Waals surface area contributed by atoms with E-state index in [2.05, 4.69) is 45.3 Å². The molecule has 0 bridgehead atoms. The standard InChI is InChI=1S/C15H21N3S/c1-12-18-15(11-19-12)10-17-9-14-6-4-3-5-13(14)7-8-16-2/h3-6,11,16-17H,7-10H2,1-2H3. The van der Waals surface area contributed by atoms with Crippen LogP contribution in [0.3, 0.4) is 0 Å². The van der Waals surface area contributed by atoms with Crippen molar-refractivity contribution in [3.63, 3.8) is 0 Å². The highest BCUT2D eigenvalue weighted by molar-refractivity contribution is 7.09. The highest BCUT2D eigenvalue weighted by Crippen LogP contribution is 2.10. The van der Waals surface area contributed by atoms with Crippen LogP contribution in [0.5, 0.6) is 0 Å². The summed E-state index contributed by atoms with van der Waals surface area (Å²) in [6.45, 7) is 4.80. The van der Waals surface area contributed by atoms with Crippen LogP contribution < -0.4 is 10.6 Å². The van der Waals surface area contributed by atoms with Gasteiger partial charge < -0.3 is 10.6 Å². The molecule has 0 radical (unpaired) electrons. The zero-order valence-electron chi connectivity index (χ0n) is 11.6. The number of benzene rings is 1. The Labute approximate surface area is 119 Å². The maximum absolute atomic E-state index is 4.46. The Morgan fingerprint density at radius 1 is 1.16 bits per heavy atom. The Hall–Kier alpha value is -1.23. The van der Waals surface area contributed by atoms with Gasteiger partial charge in [-0.2, -0.15) is 0 Å². The predicted octanol–water partition coefficient (Wildman–Crippen LogP) is 2.50. The summed E-state index contributed by atoms with van der Waals surface area (Å²) in [6.07, 6.45) is 1.07. The SMILES string of the molecule is CNCCc1ccccc1CNCc1csc(C)n1. The van der Waals surface area contributed by atoms with Gasteiger partial charge in [0, 0.05) is 18.5 Å². The van der Waals surface area contributed by atoms with E-state index in [1.807, 2.05) is 14.0 Å². The smallest absolute Gasteiger partial charge is 0.0897 e. The van der Waals surface area contributed by atoms with Gasteiger partial charge in [0.05, 0.1) is 10.7 Å². The topological polar surface area (TPSA) is 37.0 Å². The maximum Gasteiger partial charge on any atom is 0.0897 e. The molecule has 0 saturated carbocycles. The number of likely N-dealkylation sites (N-methyl/N-ethyl adjacent to an activating group) is 1. The van der Waals surface area contributed by atoms with Gasteiger partial charge in [0.25, 0.3) is 0 Å². The Kier molecular flexibility index (Phi) is 5.51. The lowest BCUT2D eigenvalue weighted by atomic mass is 10.0. The molecule has 2 N–H and O–H groups in total. The van der Waals surface area contributed by atoms with Gasteiger partial charge in [-0.3, -0.25) is 0 Å². The molecule has 0 aliphatic rings. The quantitative estimate of drug-likeness (QED) is 0.815. The fourth-order valence-electron chi connectivity index (χ4n) is 2.05. The summed E-state index contributed by atoms with van der Waals surface area (Å²) < 4.78 is 0. The van der Waals surface area contributed by atoms with Gasteiger partial charge >= 0.3 is 0 Å². The molecule has 0 atom stereocenters. The molecule has 1 aromatic heterocycles. The first-order valence-corrected chi connectivity index (χ1v) is 7.50. The van der Waals surface area contributed by atoms with Gasteiger partial charge in [0.15, 0.2) is 0 Å². The summed E-state index contributed by atoms with van der Waals surface area (Å²) in [5.74, 6) is 0. The van der Waals surface area contributed by atoms with E-state index >= 15 is 0 Å². The summed E-state index contributed by atoms with van der Waals surface area (Å²) in [5, 5.41) is 9.92. The summed E-state index contributed by atoms with van der Waals surface area (Å²) >= 11 is 1.71. The zero-order valence-corrected chi connectivity index (χ0v) is 12.4. The normalized spacial score (nSPS) is 10.8. The molecule has 0 unspecified atom stereocenters. The lowest BCUT2D eigenvalue weighted by molar-refractivity contribution is 0.673. The lowest BCUT2D eigenvalue weighted by Gasteiger charge is -2.10. The van der Waals surface area contributed by atoms with Crippen LogP contribution in [0.2, 0.25) is 0 Å². The minimum atomic E-state index is 0.838. The van der Waals surface area contributed by atoms with E-state index < -0.39 is 0 Å². The van der Waals surface area contributed by atoms with Crippen LogP contribution in [0.15, 0.2) is 29.6 Å². The number of aromatic nitrogens is 1. The maximum atomic E-state index is 4.46. The largest absolute Gasteiger partial charge is 0.319 e. The first-order valence-electron chi connectivity index (χ1n) is 6.62. The van der Waals surface area contributed by atoms with Crippen molar-refractivity contribution in [2.45, 2.75) is 26.4 Å². The third kappa shape index (κ3) is 4.42. The van der Waals surface area contributed by atoms with Gasteiger partial charge in [-0.15, -0.1) is 11.3 Å². The Morgan fingerprint density at radius 3 is 2.63 bits per heavy atom. The van der Waals surface area contributed by atoms with Crippen LogP contribution in [0.4, 0.5) is 0 Å². The van der Waals surface area contributed by atoms with E-state index in [-0.39, 0.29) is 0 Å². The van der Waals surface area contributed by atoms with Crippen molar-refractivity contribution < 1.29 is 0 Å². The monoisotopic (exact) mass is 275 g/mol. The Bertz CT molecular complexity index is 508. The van der Waals surface area contributed by atoms with E-state index in [1.165, 1.54) is 11.1 Å². The second-order valence-electron chi connectivity index (χ2n) is 4.58. The van der Waals surface area contributed by atoms with Gasteiger partial charge in [0.2, 0.25) is 0 Å². The molecular formula is C15H21N3S.